The van der Waals surface area contributed by atoms with Crippen LogP contribution in [0.25, 0.3) is 0 Å². The summed E-state index contributed by atoms with van der Waals surface area (Å²) in [7, 11) is 0. The summed E-state index contributed by atoms with van der Waals surface area (Å²) in [4.78, 5) is 12.3. The normalized spacial score (nSPS) is 10.8. The summed E-state index contributed by atoms with van der Waals surface area (Å²) >= 11 is 7.28. The molecule has 2 rings (SSSR count). The zero-order chi connectivity index (χ0) is 13.1. The van der Waals surface area contributed by atoms with E-state index in [0.29, 0.717) is 22.4 Å². The van der Waals surface area contributed by atoms with Crippen LogP contribution >= 0.6 is 23.4 Å². The maximum Gasteiger partial charge on any atom is 0.343 e. The summed E-state index contributed by atoms with van der Waals surface area (Å²) in [6.45, 7) is 2.62. The van der Waals surface area contributed by atoms with Crippen LogP contribution in [0.3, 0.4) is 0 Å². The number of nitrogens with zero attached hydrogens (tertiary/aromatic N) is 2. The molecule has 0 radical (unpaired) electrons. The lowest BCUT2D eigenvalue weighted by Crippen LogP contribution is -2.17. The number of H-pyrrole nitrogens is 1. The third-order valence-corrected chi connectivity index (χ3v) is 3.78. The van der Waals surface area contributed by atoms with E-state index in [1.807, 2.05) is 19.1 Å². The number of para-hydroxylation sites is 1. The zero-order valence-corrected chi connectivity index (χ0v) is 11.4. The Kier molecular flexibility index (Phi) is 3.98. The van der Waals surface area contributed by atoms with Gasteiger partial charge in [0.2, 0.25) is 0 Å². The molecular formula is C11H13ClN4OS. The first-order chi connectivity index (χ1) is 8.63. The molecule has 5 nitrogen and oxygen atoms in total. The van der Waals surface area contributed by atoms with Crippen LogP contribution in [0.4, 0.5) is 5.69 Å². The van der Waals surface area contributed by atoms with Crippen molar-refractivity contribution in [1.82, 2.24) is 14.8 Å². The Morgan fingerprint density at radius 2 is 2.33 bits per heavy atom. The molecule has 96 valence electrons. The molecule has 0 saturated heterocycles. The predicted molar refractivity (Wildman–Crippen MR) is 73.1 cm³/mol. The standard InChI is InChI=1S/C11H13ClN4OS/c1-2-6-16-10(17)14-15-11(16)18-8-5-3-4-7(12)9(8)13/h3-5H,2,6,13H2,1H3,(H,14,17). The van der Waals surface area contributed by atoms with Crippen LogP contribution in [0.15, 0.2) is 33.0 Å². The molecule has 0 fully saturated rings. The summed E-state index contributed by atoms with van der Waals surface area (Å²) in [5.41, 5.74) is 6.18. The minimum atomic E-state index is -0.208. The van der Waals surface area contributed by atoms with Gasteiger partial charge in [-0.2, -0.15) is 0 Å². The largest absolute Gasteiger partial charge is 0.397 e. The van der Waals surface area contributed by atoms with Crippen molar-refractivity contribution >= 4 is 29.1 Å². The average Bonchev–Trinajstić information content (AvgIpc) is 2.68. The van der Waals surface area contributed by atoms with Gasteiger partial charge in [-0.25, -0.2) is 9.89 Å². The molecule has 1 aromatic heterocycles. The highest BCUT2D eigenvalue weighted by Gasteiger charge is 2.12. The molecule has 0 aliphatic rings. The van der Waals surface area contributed by atoms with Crippen molar-refractivity contribution < 1.29 is 0 Å². The first kappa shape index (κ1) is 13.0. The topological polar surface area (TPSA) is 76.7 Å². The molecule has 0 amide bonds. The van der Waals surface area contributed by atoms with Gasteiger partial charge in [0.05, 0.1) is 10.7 Å². The van der Waals surface area contributed by atoms with Gasteiger partial charge >= 0.3 is 5.69 Å². The van der Waals surface area contributed by atoms with Crippen molar-refractivity contribution in [3.8, 4) is 0 Å². The lowest BCUT2D eigenvalue weighted by molar-refractivity contribution is 0.604. The van der Waals surface area contributed by atoms with E-state index in [1.165, 1.54) is 11.8 Å². The fourth-order valence-electron chi connectivity index (χ4n) is 1.51. The van der Waals surface area contributed by atoms with Gasteiger partial charge in [0.1, 0.15) is 0 Å². The minimum Gasteiger partial charge on any atom is -0.397 e. The first-order valence-corrected chi connectivity index (χ1v) is 6.70. The van der Waals surface area contributed by atoms with Crippen LogP contribution < -0.4 is 11.4 Å². The molecule has 18 heavy (non-hydrogen) atoms. The lowest BCUT2D eigenvalue weighted by Gasteiger charge is -2.07. The van der Waals surface area contributed by atoms with E-state index in [0.717, 1.165) is 11.3 Å². The molecule has 3 N–H and O–H groups in total. The highest BCUT2D eigenvalue weighted by atomic mass is 35.5. The fraction of sp³-hybridized carbons (Fsp3) is 0.273. The SMILES string of the molecule is CCCn1c(Sc2cccc(Cl)c2N)n[nH]c1=O. The molecule has 0 bridgehead atoms. The second-order valence-corrected chi connectivity index (χ2v) is 5.13. The van der Waals surface area contributed by atoms with E-state index in [2.05, 4.69) is 10.2 Å². The Bertz CT molecular complexity index is 607. The summed E-state index contributed by atoms with van der Waals surface area (Å²) < 4.78 is 1.59. The smallest absolute Gasteiger partial charge is 0.343 e. The van der Waals surface area contributed by atoms with E-state index in [9.17, 15) is 4.79 Å². The Morgan fingerprint density at radius 1 is 1.56 bits per heavy atom. The van der Waals surface area contributed by atoms with E-state index >= 15 is 0 Å². The van der Waals surface area contributed by atoms with Crippen molar-refractivity contribution in [1.29, 1.82) is 0 Å². The molecule has 0 atom stereocenters. The number of rotatable bonds is 4. The number of nitrogens with one attached hydrogen (secondary N) is 1. The van der Waals surface area contributed by atoms with Crippen molar-refractivity contribution in [3.05, 3.63) is 33.7 Å². The predicted octanol–water partition coefficient (Wildman–Crippen LogP) is 2.37. The molecule has 0 spiro atoms. The minimum absolute atomic E-state index is 0.208. The highest BCUT2D eigenvalue weighted by Crippen LogP contribution is 2.34. The van der Waals surface area contributed by atoms with Crippen molar-refractivity contribution in [2.75, 3.05) is 5.73 Å². The van der Waals surface area contributed by atoms with Gasteiger partial charge in [-0.3, -0.25) is 4.57 Å². The number of nitrogens with two attached hydrogens (primary N) is 1. The Morgan fingerprint density at radius 3 is 3.06 bits per heavy atom. The Labute approximate surface area is 113 Å². The van der Waals surface area contributed by atoms with Crippen LogP contribution in [-0.2, 0) is 6.54 Å². The van der Waals surface area contributed by atoms with Gasteiger partial charge in [0, 0.05) is 11.4 Å². The summed E-state index contributed by atoms with van der Waals surface area (Å²) in [5, 5.41) is 7.52. The van der Waals surface area contributed by atoms with E-state index in [-0.39, 0.29) is 5.69 Å². The third kappa shape index (κ3) is 2.54. The summed E-state index contributed by atoms with van der Waals surface area (Å²) in [6.07, 6.45) is 0.859. The van der Waals surface area contributed by atoms with E-state index in [1.54, 1.807) is 10.6 Å². The molecule has 0 saturated carbocycles. The van der Waals surface area contributed by atoms with Crippen molar-refractivity contribution in [3.63, 3.8) is 0 Å². The maximum absolute atomic E-state index is 11.5. The second-order valence-electron chi connectivity index (χ2n) is 3.72. The molecule has 0 aliphatic carbocycles. The zero-order valence-electron chi connectivity index (χ0n) is 9.81. The third-order valence-electron chi connectivity index (χ3n) is 2.38. The van der Waals surface area contributed by atoms with Gasteiger partial charge < -0.3 is 5.73 Å². The molecule has 2 aromatic rings. The van der Waals surface area contributed by atoms with E-state index in [4.69, 9.17) is 17.3 Å². The number of hydrogen-bond acceptors (Lipinski definition) is 4. The summed E-state index contributed by atoms with van der Waals surface area (Å²) in [6, 6.07) is 5.39. The molecule has 1 heterocycles. The van der Waals surface area contributed by atoms with Crippen molar-refractivity contribution in [2.45, 2.75) is 29.9 Å². The van der Waals surface area contributed by atoms with Gasteiger partial charge in [-0.05, 0) is 30.3 Å². The maximum atomic E-state index is 11.5. The van der Waals surface area contributed by atoms with E-state index < -0.39 is 0 Å². The van der Waals surface area contributed by atoms with Crippen molar-refractivity contribution in [2.24, 2.45) is 0 Å². The van der Waals surface area contributed by atoms with Crippen LogP contribution in [0, 0.1) is 0 Å². The van der Waals surface area contributed by atoms with Gasteiger partial charge in [0.15, 0.2) is 5.16 Å². The number of aromatic amines is 1. The lowest BCUT2D eigenvalue weighted by atomic mass is 10.3. The monoisotopic (exact) mass is 284 g/mol. The van der Waals surface area contributed by atoms with Crippen LogP contribution in [-0.4, -0.2) is 14.8 Å². The molecule has 0 aliphatic heterocycles. The number of anilines is 1. The molecule has 7 heteroatoms. The fourth-order valence-corrected chi connectivity index (χ4v) is 2.68. The number of aromatic nitrogens is 3. The summed E-state index contributed by atoms with van der Waals surface area (Å²) in [5.74, 6) is 0. The quantitative estimate of drug-likeness (QED) is 0.845. The number of hydrogen-bond donors (Lipinski definition) is 2. The Balaban J connectivity index is 2.34. The second kappa shape index (κ2) is 5.49. The number of benzene rings is 1. The number of halogens is 1. The Hall–Kier alpha value is -1.40. The van der Waals surface area contributed by atoms with Gasteiger partial charge in [-0.15, -0.1) is 5.10 Å². The number of nitrogen functional groups attached to an aromatic ring is 1. The first-order valence-electron chi connectivity index (χ1n) is 5.50. The molecule has 0 unspecified atom stereocenters. The van der Waals surface area contributed by atoms with Gasteiger partial charge in [0.25, 0.3) is 0 Å². The van der Waals surface area contributed by atoms with Crippen LogP contribution in [0.5, 0.6) is 0 Å². The highest BCUT2D eigenvalue weighted by molar-refractivity contribution is 7.99. The van der Waals surface area contributed by atoms with Crippen LogP contribution in [0.2, 0.25) is 5.02 Å². The molecule has 1 aromatic carbocycles. The molecular weight excluding hydrogens is 272 g/mol. The van der Waals surface area contributed by atoms with Gasteiger partial charge in [-0.1, -0.05) is 24.6 Å². The van der Waals surface area contributed by atoms with Crippen LogP contribution in [0.1, 0.15) is 13.3 Å². The average molecular weight is 285 g/mol.